The second-order valence-electron chi connectivity index (χ2n) is 9.59. The van der Waals surface area contributed by atoms with Crippen LogP contribution in [0.5, 0.6) is 5.75 Å². The zero-order valence-electron chi connectivity index (χ0n) is 16.8. The molecule has 1 atom stereocenters. The number of nitrogens with zero attached hydrogens (tertiary/aromatic N) is 1. The Labute approximate surface area is 175 Å². The van der Waals surface area contributed by atoms with Crippen molar-refractivity contribution in [2.75, 3.05) is 0 Å². The number of ether oxygens (including phenoxy) is 1. The van der Waals surface area contributed by atoms with E-state index in [1.807, 2.05) is 29.3 Å². The molecule has 0 spiro atoms. The maximum Gasteiger partial charge on any atom is 0.270 e. The van der Waals surface area contributed by atoms with Gasteiger partial charge in [0.25, 0.3) is 12.3 Å². The quantitative estimate of drug-likeness (QED) is 0.798. The van der Waals surface area contributed by atoms with Crippen LogP contribution < -0.4 is 15.4 Å². The van der Waals surface area contributed by atoms with Crippen LogP contribution in [0, 0.1) is 23.6 Å². The first-order chi connectivity index (χ1) is 14.6. The summed E-state index contributed by atoms with van der Waals surface area (Å²) in [6.07, 6.45) is 14.3. The molecule has 1 unspecified atom stereocenters. The summed E-state index contributed by atoms with van der Waals surface area (Å²) in [5.41, 5.74) is 1.25. The summed E-state index contributed by atoms with van der Waals surface area (Å²) in [6.45, 7) is 0. The summed E-state index contributed by atoms with van der Waals surface area (Å²) in [7, 11) is 0. The van der Waals surface area contributed by atoms with Crippen molar-refractivity contribution >= 4 is 5.91 Å². The molecule has 4 saturated carbocycles. The lowest BCUT2D eigenvalue weighted by molar-refractivity contribution is -0.123. The predicted molar refractivity (Wildman–Crippen MR) is 110 cm³/mol. The van der Waals surface area contributed by atoms with Gasteiger partial charge >= 0.3 is 0 Å². The van der Waals surface area contributed by atoms with Crippen molar-refractivity contribution in [2.24, 2.45) is 17.8 Å². The number of halogens is 1. The number of hydrogen-bond donors (Lipinski definition) is 2. The fourth-order valence-electron chi connectivity index (χ4n) is 6.64. The first kappa shape index (κ1) is 18.0. The molecule has 1 amide bonds. The van der Waals surface area contributed by atoms with Crippen LogP contribution in [0.25, 0.3) is 0 Å². The number of allylic oxidation sites excluding steroid dienone is 3. The van der Waals surface area contributed by atoms with E-state index in [0.29, 0.717) is 11.4 Å². The van der Waals surface area contributed by atoms with E-state index in [4.69, 9.17) is 4.74 Å². The van der Waals surface area contributed by atoms with Crippen molar-refractivity contribution in [3.8, 4) is 5.75 Å². The van der Waals surface area contributed by atoms with Gasteiger partial charge in [0.15, 0.2) is 0 Å². The van der Waals surface area contributed by atoms with E-state index in [9.17, 15) is 9.18 Å². The SMILES string of the molecule is O=C(NC12CC3CC(CC(C3)C1)C2)C1=C2C=CC=CN2C(Oc2cccc(F)c2)N1. The van der Waals surface area contributed by atoms with Crippen molar-refractivity contribution in [3.05, 3.63) is 65.9 Å². The molecule has 0 saturated heterocycles. The second-order valence-corrected chi connectivity index (χ2v) is 9.59. The van der Waals surface area contributed by atoms with Crippen LogP contribution in [-0.4, -0.2) is 22.7 Å². The molecule has 4 aliphatic carbocycles. The molecule has 0 aromatic heterocycles. The van der Waals surface area contributed by atoms with E-state index in [0.717, 1.165) is 42.7 Å². The van der Waals surface area contributed by atoms with Gasteiger partial charge in [0.1, 0.15) is 17.3 Å². The van der Waals surface area contributed by atoms with Gasteiger partial charge < -0.3 is 15.4 Å². The molecule has 6 heteroatoms. The van der Waals surface area contributed by atoms with Crippen LogP contribution in [0.15, 0.2) is 60.1 Å². The molecule has 1 aromatic carbocycles. The van der Waals surface area contributed by atoms with E-state index in [1.54, 1.807) is 12.1 Å². The standard InChI is InChI=1S/C24H26FN3O2/c25-18-4-3-5-19(11-18)30-23-26-21(20-6-1-2-7-28(20)23)22(29)27-24-12-15-8-16(13-24)10-17(9-15)14-24/h1-7,11,15-17,23,26H,8-10,12-14H2,(H,27,29). The number of amides is 1. The summed E-state index contributed by atoms with van der Waals surface area (Å²) in [6, 6.07) is 6.05. The van der Waals surface area contributed by atoms with E-state index in [2.05, 4.69) is 10.6 Å². The molecule has 6 aliphatic rings. The number of fused-ring (bicyclic) bond motifs is 1. The first-order valence-corrected chi connectivity index (χ1v) is 11.0. The third kappa shape index (κ3) is 3.01. The number of carbonyl (C=O) groups excluding carboxylic acids is 1. The summed E-state index contributed by atoms with van der Waals surface area (Å²) >= 11 is 0. The number of nitrogens with one attached hydrogen (secondary N) is 2. The molecule has 4 bridgehead atoms. The highest BCUT2D eigenvalue weighted by atomic mass is 19.1. The lowest BCUT2D eigenvalue weighted by Crippen LogP contribution is -2.60. The Morgan fingerprint density at radius 3 is 2.57 bits per heavy atom. The lowest BCUT2D eigenvalue weighted by Gasteiger charge is -2.56. The minimum atomic E-state index is -0.597. The average molecular weight is 407 g/mol. The summed E-state index contributed by atoms with van der Waals surface area (Å²) in [5, 5.41) is 6.66. The highest BCUT2D eigenvalue weighted by molar-refractivity contribution is 5.95. The number of carbonyl (C=O) groups is 1. The minimum absolute atomic E-state index is 0.0539. The van der Waals surface area contributed by atoms with Crippen molar-refractivity contribution < 1.29 is 13.9 Å². The van der Waals surface area contributed by atoms with Crippen LogP contribution in [0.4, 0.5) is 4.39 Å². The zero-order valence-corrected chi connectivity index (χ0v) is 16.8. The van der Waals surface area contributed by atoms with Crippen LogP contribution in [-0.2, 0) is 4.79 Å². The van der Waals surface area contributed by atoms with Gasteiger partial charge in [-0.25, -0.2) is 4.39 Å². The lowest BCUT2D eigenvalue weighted by atomic mass is 9.53. The Kier molecular flexibility index (Phi) is 3.98. The Morgan fingerprint density at radius 1 is 1.13 bits per heavy atom. The zero-order chi connectivity index (χ0) is 20.3. The highest BCUT2D eigenvalue weighted by Gasteiger charge is 2.52. The molecule has 2 aliphatic heterocycles. The fraction of sp³-hybridized carbons (Fsp3) is 0.458. The number of benzene rings is 1. The number of hydrogen-bond acceptors (Lipinski definition) is 4. The average Bonchev–Trinajstić information content (AvgIpc) is 3.05. The normalized spacial score (nSPS) is 35.4. The molecule has 30 heavy (non-hydrogen) atoms. The van der Waals surface area contributed by atoms with Gasteiger partial charge in [0.05, 0.1) is 5.70 Å². The third-order valence-electron chi connectivity index (χ3n) is 7.35. The van der Waals surface area contributed by atoms with Crippen molar-refractivity contribution in [2.45, 2.75) is 50.4 Å². The number of rotatable bonds is 4. The van der Waals surface area contributed by atoms with Gasteiger partial charge in [0.2, 0.25) is 0 Å². The molecular weight excluding hydrogens is 381 g/mol. The van der Waals surface area contributed by atoms with E-state index >= 15 is 0 Å². The Hall–Kier alpha value is -2.76. The summed E-state index contributed by atoms with van der Waals surface area (Å²) in [5.74, 6) is 2.30. The van der Waals surface area contributed by atoms with Crippen LogP contribution >= 0.6 is 0 Å². The van der Waals surface area contributed by atoms with E-state index in [-0.39, 0.29) is 17.3 Å². The summed E-state index contributed by atoms with van der Waals surface area (Å²) < 4.78 is 19.5. The van der Waals surface area contributed by atoms with Crippen molar-refractivity contribution in [1.29, 1.82) is 0 Å². The second kappa shape index (κ2) is 6.62. The molecule has 1 aromatic rings. The molecule has 5 nitrogen and oxygen atoms in total. The molecule has 7 rings (SSSR count). The van der Waals surface area contributed by atoms with Crippen LogP contribution in [0.3, 0.4) is 0 Å². The molecule has 2 heterocycles. The smallest absolute Gasteiger partial charge is 0.270 e. The summed E-state index contributed by atoms with van der Waals surface area (Å²) in [4.78, 5) is 15.3. The Bertz CT molecular complexity index is 947. The maximum absolute atomic E-state index is 13.6. The monoisotopic (exact) mass is 407 g/mol. The van der Waals surface area contributed by atoms with Crippen molar-refractivity contribution in [1.82, 2.24) is 15.5 Å². The van der Waals surface area contributed by atoms with Gasteiger partial charge in [-0.1, -0.05) is 12.1 Å². The van der Waals surface area contributed by atoms with Crippen molar-refractivity contribution in [3.63, 3.8) is 0 Å². The molecule has 156 valence electrons. The molecule has 4 fully saturated rings. The van der Waals surface area contributed by atoms with E-state index in [1.165, 1.54) is 31.4 Å². The molecular formula is C24H26FN3O2. The molecule has 2 N–H and O–H groups in total. The van der Waals surface area contributed by atoms with Crippen LogP contribution in [0.1, 0.15) is 38.5 Å². The first-order valence-electron chi connectivity index (χ1n) is 11.0. The fourth-order valence-corrected chi connectivity index (χ4v) is 6.64. The third-order valence-corrected chi connectivity index (χ3v) is 7.35. The highest BCUT2D eigenvalue weighted by Crippen LogP contribution is 2.55. The topological polar surface area (TPSA) is 53.6 Å². The van der Waals surface area contributed by atoms with Gasteiger partial charge in [-0.3, -0.25) is 9.69 Å². The Balaban J connectivity index is 1.23. The minimum Gasteiger partial charge on any atom is -0.452 e. The van der Waals surface area contributed by atoms with Crippen LogP contribution in [0.2, 0.25) is 0 Å². The predicted octanol–water partition coefficient (Wildman–Crippen LogP) is 3.77. The van der Waals surface area contributed by atoms with E-state index < -0.39 is 6.35 Å². The van der Waals surface area contributed by atoms with Gasteiger partial charge in [-0.15, -0.1) is 0 Å². The Morgan fingerprint density at radius 2 is 1.87 bits per heavy atom. The van der Waals surface area contributed by atoms with Gasteiger partial charge in [-0.05, 0) is 80.6 Å². The van der Waals surface area contributed by atoms with Gasteiger partial charge in [-0.2, -0.15) is 0 Å². The largest absolute Gasteiger partial charge is 0.452 e. The molecule has 0 radical (unpaired) electrons. The van der Waals surface area contributed by atoms with Gasteiger partial charge in [0, 0.05) is 17.8 Å². The maximum atomic E-state index is 13.6.